The maximum absolute atomic E-state index is 13.2. The molecule has 1 fully saturated rings. The van der Waals surface area contributed by atoms with Crippen molar-refractivity contribution in [1.82, 2.24) is 20.3 Å². The maximum atomic E-state index is 13.2. The molecular formula is C24H29N5O7S. The number of carbonyl (C=O) groups excluding carboxylic acids is 3. The summed E-state index contributed by atoms with van der Waals surface area (Å²) in [7, 11) is -4.06. The lowest BCUT2D eigenvalue weighted by Gasteiger charge is -2.25. The second kappa shape index (κ2) is 12.3. The van der Waals surface area contributed by atoms with Gasteiger partial charge in [-0.3, -0.25) is 9.59 Å². The number of carboxylic acids is 1. The van der Waals surface area contributed by atoms with Crippen molar-refractivity contribution < 1.29 is 32.7 Å². The molecule has 12 nitrogen and oxygen atoms in total. The van der Waals surface area contributed by atoms with E-state index in [-0.39, 0.29) is 30.3 Å². The number of anilines is 1. The predicted octanol–water partition coefficient (Wildman–Crippen LogP) is 0.867. The average Bonchev–Trinajstić information content (AvgIpc) is 3.37. The molecule has 37 heavy (non-hydrogen) atoms. The van der Waals surface area contributed by atoms with Gasteiger partial charge in [-0.2, -0.15) is 4.31 Å². The van der Waals surface area contributed by atoms with Crippen molar-refractivity contribution in [3.8, 4) is 0 Å². The number of benzene rings is 2. The van der Waals surface area contributed by atoms with E-state index in [0.717, 1.165) is 9.87 Å². The zero-order valence-electron chi connectivity index (χ0n) is 20.1. The Bertz CT molecular complexity index is 1240. The third kappa shape index (κ3) is 7.51. The number of carboxylic acid groups (broad SMARTS) is 1. The normalized spacial score (nSPS) is 16.4. The topological polar surface area (TPSA) is 174 Å². The first kappa shape index (κ1) is 27.6. The van der Waals surface area contributed by atoms with Gasteiger partial charge < -0.3 is 26.4 Å². The average molecular weight is 532 g/mol. The summed E-state index contributed by atoms with van der Waals surface area (Å²) in [6.45, 7) is 1.25. The maximum Gasteiger partial charge on any atom is 0.328 e. The molecule has 0 aliphatic carbocycles. The zero-order valence-corrected chi connectivity index (χ0v) is 21.0. The van der Waals surface area contributed by atoms with Crippen molar-refractivity contribution in [2.75, 3.05) is 18.4 Å². The van der Waals surface area contributed by atoms with Gasteiger partial charge in [0, 0.05) is 25.7 Å². The van der Waals surface area contributed by atoms with Gasteiger partial charge in [0.25, 0.3) is 0 Å². The summed E-state index contributed by atoms with van der Waals surface area (Å²) in [4.78, 5) is 47.8. The summed E-state index contributed by atoms with van der Waals surface area (Å²) in [5, 5.41) is 19.4. The quantitative estimate of drug-likeness (QED) is 0.302. The molecule has 2 aromatic carbocycles. The van der Waals surface area contributed by atoms with E-state index in [2.05, 4.69) is 21.3 Å². The Morgan fingerprint density at radius 1 is 1.03 bits per heavy atom. The van der Waals surface area contributed by atoms with Gasteiger partial charge in [0.1, 0.15) is 12.1 Å². The Labute approximate surface area is 214 Å². The highest BCUT2D eigenvalue weighted by Gasteiger charge is 2.40. The van der Waals surface area contributed by atoms with Crippen LogP contribution in [0.1, 0.15) is 25.3 Å². The molecule has 1 aliphatic rings. The van der Waals surface area contributed by atoms with Crippen LogP contribution in [0.4, 0.5) is 10.5 Å². The van der Waals surface area contributed by atoms with E-state index in [1.54, 1.807) is 0 Å². The van der Waals surface area contributed by atoms with Gasteiger partial charge in [0.05, 0.1) is 11.4 Å². The highest BCUT2D eigenvalue weighted by atomic mass is 32.2. The standard InChI is InChI=1S/C24H29N5O7S/c1-16(30)27-18-9-11-19(12-10-18)37(35,36)29-13-5-8-21(29)22(31)28-20(23(32)33)15-26-24(34)25-14-17-6-3-2-4-7-17/h2-4,6-7,9-12,20-21H,5,8,13-15H2,1H3,(H,27,30)(H,28,31)(H,32,33)(H2,25,26,34). The minimum atomic E-state index is -4.06. The molecule has 2 aromatic rings. The first-order valence-corrected chi connectivity index (χ1v) is 13.0. The van der Waals surface area contributed by atoms with E-state index in [1.807, 2.05) is 30.3 Å². The smallest absolute Gasteiger partial charge is 0.328 e. The van der Waals surface area contributed by atoms with Crippen LogP contribution in [0.15, 0.2) is 59.5 Å². The van der Waals surface area contributed by atoms with Crippen LogP contribution in [0, 0.1) is 0 Å². The van der Waals surface area contributed by atoms with E-state index in [4.69, 9.17) is 0 Å². The molecule has 13 heteroatoms. The van der Waals surface area contributed by atoms with Crippen LogP contribution in [0.2, 0.25) is 0 Å². The van der Waals surface area contributed by atoms with Gasteiger partial charge in [0.2, 0.25) is 21.8 Å². The van der Waals surface area contributed by atoms with Crippen LogP contribution in [0.3, 0.4) is 0 Å². The molecule has 1 aliphatic heterocycles. The minimum absolute atomic E-state index is 0.0622. The Kier molecular flexibility index (Phi) is 9.20. The van der Waals surface area contributed by atoms with Crippen LogP contribution in [-0.2, 0) is 31.0 Å². The number of sulfonamides is 1. The number of nitrogens with one attached hydrogen (secondary N) is 4. The molecule has 2 atom stereocenters. The number of amides is 4. The second-order valence-electron chi connectivity index (χ2n) is 8.43. The molecule has 1 heterocycles. The van der Waals surface area contributed by atoms with Gasteiger partial charge >= 0.3 is 12.0 Å². The predicted molar refractivity (Wildman–Crippen MR) is 134 cm³/mol. The minimum Gasteiger partial charge on any atom is -0.480 e. The Morgan fingerprint density at radius 2 is 1.70 bits per heavy atom. The Morgan fingerprint density at radius 3 is 2.32 bits per heavy atom. The van der Waals surface area contributed by atoms with Crippen molar-refractivity contribution in [2.45, 2.75) is 43.3 Å². The summed E-state index contributed by atoms with van der Waals surface area (Å²) in [6.07, 6.45) is 0.630. The van der Waals surface area contributed by atoms with Gasteiger partial charge in [-0.05, 0) is 42.7 Å². The lowest BCUT2D eigenvalue weighted by molar-refractivity contribution is -0.142. The zero-order chi connectivity index (χ0) is 27.0. The van der Waals surface area contributed by atoms with Gasteiger partial charge in [0.15, 0.2) is 0 Å². The SMILES string of the molecule is CC(=O)Nc1ccc(S(=O)(=O)N2CCCC2C(=O)NC(CNC(=O)NCc2ccccc2)C(=O)O)cc1. The van der Waals surface area contributed by atoms with Crippen LogP contribution >= 0.6 is 0 Å². The number of urea groups is 1. The molecule has 5 N–H and O–H groups in total. The fourth-order valence-electron chi connectivity index (χ4n) is 3.84. The molecule has 4 amide bonds. The number of nitrogens with zero attached hydrogens (tertiary/aromatic N) is 1. The Hall–Kier alpha value is -3.97. The van der Waals surface area contributed by atoms with E-state index in [0.29, 0.717) is 12.1 Å². The van der Waals surface area contributed by atoms with Crippen molar-refractivity contribution in [3.05, 3.63) is 60.2 Å². The van der Waals surface area contributed by atoms with E-state index < -0.39 is 46.6 Å². The monoisotopic (exact) mass is 531 g/mol. The summed E-state index contributed by atoms with van der Waals surface area (Å²) >= 11 is 0. The number of rotatable bonds is 10. The van der Waals surface area contributed by atoms with E-state index in [9.17, 15) is 32.7 Å². The largest absolute Gasteiger partial charge is 0.480 e. The van der Waals surface area contributed by atoms with Crippen LogP contribution in [0.5, 0.6) is 0 Å². The van der Waals surface area contributed by atoms with Crippen LogP contribution in [-0.4, -0.2) is 66.8 Å². The fourth-order valence-corrected chi connectivity index (χ4v) is 5.50. The summed E-state index contributed by atoms with van der Waals surface area (Å²) in [5.74, 6) is -2.45. The van der Waals surface area contributed by atoms with Crippen molar-refractivity contribution in [1.29, 1.82) is 0 Å². The lowest BCUT2D eigenvalue weighted by Crippen LogP contribution is -2.54. The molecule has 2 unspecified atom stereocenters. The number of hydrogen-bond donors (Lipinski definition) is 5. The molecule has 0 radical (unpaired) electrons. The molecule has 3 rings (SSSR count). The van der Waals surface area contributed by atoms with Crippen LogP contribution in [0.25, 0.3) is 0 Å². The molecule has 0 aromatic heterocycles. The second-order valence-corrected chi connectivity index (χ2v) is 10.3. The third-order valence-corrected chi connectivity index (χ3v) is 7.59. The molecule has 0 spiro atoms. The van der Waals surface area contributed by atoms with E-state index >= 15 is 0 Å². The summed E-state index contributed by atoms with van der Waals surface area (Å²) in [6, 6.07) is 11.5. The van der Waals surface area contributed by atoms with Crippen molar-refractivity contribution in [3.63, 3.8) is 0 Å². The number of aliphatic carboxylic acids is 1. The van der Waals surface area contributed by atoms with Crippen molar-refractivity contribution in [2.24, 2.45) is 0 Å². The molecule has 0 bridgehead atoms. The van der Waals surface area contributed by atoms with Crippen LogP contribution < -0.4 is 21.3 Å². The number of carbonyl (C=O) groups is 4. The van der Waals surface area contributed by atoms with Gasteiger partial charge in [-0.1, -0.05) is 30.3 Å². The Balaban J connectivity index is 1.60. The first-order valence-electron chi connectivity index (χ1n) is 11.6. The van der Waals surface area contributed by atoms with Gasteiger partial charge in [-0.25, -0.2) is 18.0 Å². The highest BCUT2D eigenvalue weighted by Crippen LogP contribution is 2.27. The summed E-state index contributed by atoms with van der Waals surface area (Å²) < 4.78 is 27.4. The number of hydrogen-bond acceptors (Lipinski definition) is 6. The van der Waals surface area contributed by atoms with Gasteiger partial charge in [-0.15, -0.1) is 0 Å². The van der Waals surface area contributed by atoms with E-state index in [1.165, 1.54) is 31.2 Å². The molecular weight excluding hydrogens is 502 g/mol. The lowest BCUT2D eigenvalue weighted by atomic mass is 10.2. The fraction of sp³-hybridized carbons (Fsp3) is 0.333. The summed E-state index contributed by atoms with van der Waals surface area (Å²) in [5.41, 5.74) is 1.28. The third-order valence-electron chi connectivity index (χ3n) is 5.66. The first-order chi connectivity index (χ1) is 17.6. The molecule has 1 saturated heterocycles. The van der Waals surface area contributed by atoms with Crippen molar-refractivity contribution >= 4 is 39.5 Å². The molecule has 198 valence electrons. The molecule has 0 saturated carbocycles. The highest BCUT2D eigenvalue weighted by molar-refractivity contribution is 7.89.